The van der Waals surface area contributed by atoms with Crippen LogP contribution in [0.5, 0.6) is 0 Å². The molecule has 0 bridgehead atoms. The number of fused-ring (bicyclic) bond motifs is 1. The zero-order chi connectivity index (χ0) is 19.9. The number of anilines is 1. The van der Waals surface area contributed by atoms with Crippen molar-refractivity contribution in [2.45, 2.75) is 59.0 Å². The summed E-state index contributed by atoms with van der Waals surface area (Å²) in [4.78, 5) is 39.0. The largest absolute Gasteiger partial charge is 0.336 e. The van der Waals surface area contributed by atoms with Gasteiger partial charge in [0.05, 0.1) is 11.0 Å². The van der Waals surface area contributed by atoms with Crippen LogP contribution in [0.1, 0.15) is 58.3 Å². The van der Waals surface area contributed by atoms with E-state index in [1.54, 1.807) is 16.7 Å². The lowest BCUT2D eigenvalue weighted by molar-refractivity contribution is -0.114. The molecule has 0 aliphatic carbocycles. The highest BCUT2D eigenvalue weighted by Crippen LogP contribution is 2.29. The number of benzene rings is 1. The van der Waals surface area contributed by atoms with Gasteiger partial charge in [0, 0.05) is 44.2 Å². The Morgan fingerprint density at radius 2 is 1.70 bits per heavy atom. The molecule has 2 heterocycles. The van der Waals surface area contributed by atoms with Gasteiger partial charge in [-0.2, -0.15) is 0 Å². The van der Waals surface area contributed by atoms with E-state index in [0.717, 1.165) is 31.4 Å². The number of imidazole rings is 1. The summed E-state index contributed by atoms with van der Waals surface area (Å²) in [6, 6.07) is 5.35. The van der Waals surface area contributed by atoms with E-state index in [-0.39, 0.29) is 29.1 Å². The number of carbonyl (C=O) groups excluding carboxylic acids is 2. The molecule has 0 saturated carbocycles. The van der Waals surface area contributed by atoms with Crippen molar-refractivity contribution >= 4 is 28.5 Å². The van der Waals surface area contributed by atoms with Crippen molar-refractivity contribution in [2.24, 2.45) is 0 Å². The van der Waals surface area contributed by atoms with Crippen LogP contribution in [0.4, 0.5) is 5.69 Å². The van der Waals surface area contributed by atoms with Crippen molar-refractivity contribution in [2.75, 3.05) is 18.4 Å². The summed E-state index contributed by atoms with van der Waals surface area (Å²) in [6.45, 7) is 11.2. The van der Waals surface area contributed by atoms with Gasteiger partial charge in [0.15, 0.2) is 0 Å². The molecule has 1 saturated heterocycles. The zero-order valence-electron chi connectivity index (χ0n) is 16.7. The second-order valence-corrected chi connectivity index (χ2v) is 8.28. The number of likely N-dealkylation sites (tertiary alicyclic amines) is 1. The number of aromatic nitrogens is 2. The molecule has 7 heteroatoms. The third kappa shape index (κ3) is 3.69. The van der Waals surface area contributed by atoms with Crippen LogP contribution in [-0.2, 0) is 4.79 Å². The van der Waals surface area contributed by atoms with Gasteiger partial charge in [0.2, 0.25) is 11.8 Å². The smallest absolute Gasteiger partial charge is 0.326 e. The van der Waals surface area contributed by atoms with Gasteiger partial charge in [-0.15, -0.1) is 0 Å². The number of amides is 1. The first-order valence-electron chi connectivity index (χ1n) is 9.40. The monoisotopic (exact) mass is 372 g/mol. The SMILES string of the molecule is CC(=O)Nc1ccc2c(c1)n(C(C)=O)c(=O)n2C1CCN(C(C)(C)C)CC1. The Labute approximate surface area is 158 Å². The highest BCUT2D eigenvalue weighted by molar-refractivity contribution is 5.94. The normalized spacial score (nSPS) is 16.6. The van der Waals surface area contributed by atoms with Crippen LogP contribution < -0.4 is 11.0 Å². The summed E-state index contributed by atoms with van der Waals surface area (Å²) in [5, 5.41) is 2.71. The fourth-order valence-corrected chi connectivity index (χ4v) is 3.95. The first-order chi connectivity index (χ1) is 12.6. The molecule has 7 nitrogen and oxygen atoms in total. The number of piperidine rings is 1. The highest BCUT2D eigenvalue weighted by Gasteiger charge is 2.30. The number of nitrogens with zero attached hydrogens (tertiary/aromatic N) is 3. The van der Waals surface area contributed by atoms with Gasteiger partial charge in [0.25, 0.3) is 0 Å². The molecule has 3 rings (SSSR count). The minimum Gasteiger partial charge on any atom is -0.326 e. The third-order valence-electron chi connectivity index (χ3n) is 5.29. The maximum atomic E-state index is 13.0. The minimum atomic E-state index is -0.323. The molecular weight excluding hydrogens is 344 g/mol. The Bertz CT molecular complexity index is 941. The number of carbonyl (C=O) groups is 2. The summed E-state index contributed by atoms with van der Waals surface area (Å²) in [6.07, 6.45) is 1.73. The van der Waals surface area contributed by atoms with Crippen LogP contribution in [0.2, 0.25) is 0 Å². The van der Waals surface area contributed by atoms with Crippen molar-refractivity contribution in [1.29, 1.82) is 0 Å². The van der Waals surface area contributed by atoms with E-state index in [0.29, 0.717) is 11.2 Å². The average Bonchev–Trinajstić information content (AvgIpc) is 2.85. The van der Waals surface area contributed by atoms with E-state index >= 15 is 0 Å². The molecule has 1 aromatic heterocycles. The van der Waals surface area contributed by atoms with Gasteiger partial charge < -0.3 is 5.32 Å². The third-order valence-corrected chi connectivity index (χ3v) is 5.29. The Hall–Kier alpha value is -2.41. The van der Waals surface area contributed by atoms with Crippen LogP contribution in [0.15, 0.2) is 23.0 Å². The van der Waals surface area contributed by atoms with Crippen LogP contribution in [0.3, 0.4) is 0 Å². The van der Waals surface area contributed by atoms with E-state index in [2.05, 4.69) is 31.0 Å². The Morgan fingerprint density at radius 3 is 2.22 bits per heavy atom. The first-order valence-corrected chi connectivity index (χ1v) is 9.40. The Morgan fingerprint density at radius 1 is 1.07 bits per heavy atom. The predicted octanol–water partition coefficient (Wildman–Crippen LogP) is 2.86. The van der Waals surface area contributed by atoms with Crippen LogP contribution in [-0.4, -0.2) is 44.5 Å². The van der Waals surface area contributed by atoms with E-state index in [1.807, 2.05) is 6.07 Å². The fourth-order valence-electron chi connectivity index (χ4n) is 3.95. The number of hydrogen-bond acceptors (Lipinski definition) is 4. The van der Waals surface area contributed by atoms with E-state index in [1.165, 1.54) is 18.4 Å². The number of hydrogen-bond donors (Lipinski definition) is 1. The van der Waals surface area contributed by atoms with Gasteiger partial charge in [-0.05, 0) is 51.8 Å². The van der Waals surface area contributed by atoms with Crippen molar-refractivity contribution in [3.63, 3.8) is 0 Å². The van der Waals surface area contributed by atoms with Crippen LogP contribution in [0.25, 0.3) is 11.0 Å². The molecular formula is C20H28N4O3. The van der Waals surface area contributed by atoms with E-state index in [4.69, 9.17) is 0 Å². The molecule has 1 N–H and O–H groups in total. The standard InChI is InChI=1S/C20H28N4O3/c1-13(25)21-15-6-7-17-18(12-15)23(14(2)26)19(27)24(17)16-8-10-22(11-9-16)20(3,4)5/h6-7,12,16H,8-11H2,1-5H3,(H,21,25). The predicted molar refractivity (Wildman–Crippen MR) is 106 cm³/mol. The molecule has 2 aromatic rings. The first kappa shape index (κ1) is 19.4. The summed E-state index contributed by atoms with van der Waals surface area (Å²) < 4.78 is 2.96. The van der Waals surface area contributed by atoms with Crippen molar-refractivity contribution in [3.05, 3.63) is 28.7 Å². The number of nitrogens with one attached hydrogen (secondary N) is 1. The van der Waals surface area contributed by atoms with E-state index in [9.17, 15) is 14.4 Å². The molecule has 0 radical (unpaired) electrons. The lowest BCUT2D eigenvalue weighted by atomic mass is 9.98. The molecule has 1 aliphatic heterocycles. The lowest BCUT2D eigenvalue weighted by Crippen LogP contribution is -2.47. The van der Waals surface area contributed by atoms with Crippen molar-refractivity contribution < 1.29 is 9.59 Å². The molecule has 0 spiro atoms. The quantitative estimate of drug-likeness (QED) is 0.879. The van der Waals surface area contributed by atoms with Gasteiger partial charge in [-0.1, -0.05) is 0 Å². The zero-order valence-corrected chi connectivity index (χ0v) is 16.7. The van der Waals surface area contributed by atoms with Gasteiger partial charge in [-0.25, -0.2) is 9.36 Å². The second kappa shape index (κ2) is 6.96. The molecule has 0 atom stereocenters. The summed E-state index contributed by atoms with van der Waals surface area (Å²) in [5.74, 6) is -0.518. The summed E-state index contributed by atoms with van der Waals surface area (Å²) in [7, 11) is 0. The molecule has 146 valence electrons. The average molecular weight is 372 g/mol. The van der Waals surface area contributed by atoms with Gasteiger partial charge >= 0.3 is 5.69 Å². The Kier molecular flexibility index (Phi) is 4.99. The second-order valence-electron chi connectivity index (χ2n) is 8.28. The maximum absolute atomic E-state index is 13.0. The highest BCUT2D eigenvalue weighted by atomic mass is 16.2. The topological polar surface area (TPSA) is 76.3 Å². The lowest BCUT2D eigenvalue weighted by Gasteiger charge is -2.41. The minimum absolute atomic E-state index is 0.0609. The molecule has 1 aromatic carbocycles. The van der Waals surface area contributed by atoms with Crippen molar-refractivity contribution in [3.8, 4) is 0 Å². The Balaban J connectivity index is 2.04. The van der Waals surface area contributed by atoms with Gasteiger partial charge in [-0.3, -0.25) is 19.1 Å². The molecule has 1 fully saturated rings. The van der Waals surface area contributed by atoms with Crippen molar-refractivity contribution in [1.82, 2.24) is 14.0 Å². The molecule has 1 aliphatic rings. The maximum Gasteiger partial charge on any atom is 0.336 e. The number of rotatable bonds is 2. The molecule has 0 unspecified atom stereocenters. The van der Waals surface area contributed by atoms with E-state index < -0.39 is 0 Å². The fraction of sp³-hybridized carbons (Fsp3) is 0.550. The summed E-state index contributed by atoms with van der Waals surface area (Å²) in [5.41, 5.74) is 1.66. The molecule has 27 heavy (non-hydrogen) atoms. The van der Waals surface area contributed by atoms with Crippen LogP contribution >= 0.6 is 0 Å². The van der Waals surface area contributed by atoms with Gasteiger partial charge in [0.1, 0.15) is 0 Å². The molecule has 1 amide bonds. The van der Waals surface area contributed by atoms with Crippen LogP contribution in [0, 0.1) is 0 Å². The summed E-state index contributed by atoms with van der Waals surface area (Å²) >= 11 is 0.